The van der Waals surface area contributed by atoms with Crippen molar-refractivity contribution in [2.45, 2.75) is 12.8 Å². The highest BCUT2D eigenvalue weighted by atomic mass is 16.5. The van der Waals surface area contributed by atoms with E-state index in [2.05, 4.69) is 10.5 Å². The average Bonchev–Trinajstić information content (AvgIpc) is 2.30. The van der Waals surface area contributed by atoms with E-state index in [0.29, 0.717) is 0 Å². The number of methoxy groups -OCH3 is 1. The predicted molar refractivity (Wildman–Crippen MR) is 56.8 cm³/mol. The summed E-state index contributed by atoms with van der Waals surface area (Å²) < 4.78 is 5.10. The molecular weight excluding hydrogens is 176 g/mol. The Kier molecular flexibility index (Phi) is 2.68. The van der Waals surface area contributed by atoms with Crippen molar-refractivity contribution in [1.29, 1.82) is 0 Å². The summed E-state index contributed by atoms with van der Waals surface area (Å²) in [5.74, 6) is 0.887. The highest BCUT2D eigenvalue weighted by molar-refractivity contribution is 6.00. The van der Waals surface area contributed by atoms with Gasteiger partial charge in [0, 0.05) is 6.54 Å². The molecule has 0 atom stereocenters. The zero-order valence-corrected chi connectivity index (χ0v) is 8.29. The number of hydrazone groups is 1. The molecule has 0 saturated carbocycles. The van der Waals surface area contributed by atoms with Crippen LogP contribution < -0.4 is 10.2 Å². The molecule has 0 radical (unpaired) electrons. The van der Waals surface area contributed by atoms with E-state index in [9.17, 15) is 0 Å². The summed E-state index contributed by atoms with van der Waals surface area (Å²) >= 11 is 0. The number of hydrogen-bond donors (Lipinski definition) is 1. The van der Waals surface area contributed by atoms with Crippen LogP contribution in [0.3, 0.4) is 0 Å². The topological polar surface area (TPSA) is 33.6 Å². The Morgan fingerprint density at radius 1 is 1.29 bits per heavy atom. The molecule has 0 amide bonds. The van der Waals surface area contributed by atoms with Gasteiger partial charge in [0.2, 0.25) is 0 Å². The Bertz CT molecular complexity index is 330. The second kappa shape index (κ2) is 4.13. The molecule has 0 fully saturated rings. The minimum Gasteiger partial charge on any atom is -0.497 e. The largest absolute Gasteiger partial charge is 0.497 e. The normalized spacial score (nSPS) is 15.6. The summed E-state index contributed by atoms with van der Waals surface area (Å²) in [5, 5.41) is 4.28. The molecule has 3 heteroatoms. The van der Waals surface area contributed by atoms with E-state index in [1.54, 1.807) is 7.11 Å². The van der Waals surface area contributed by atoms with Crippen LogP contribution in [0.5, 0.6) is 5.75 Å². The van der Waals surface area contributed by atoms with E-state index in [1.165, 1.54) is 5.56 Å². The van der Waals surface area contributed by atoms with Gasteiger partial charge in [-0.25, -0.2) is 0 Å². The van der Waals surface area contributed by atoms with Gasteiger partial charge in [-0.15, -0.1) is 0 Å². The first-order valence-electron chi connectivity index (χ1n) is 4.84. The third-order valence-corrected chi connectivity index (χ3v) is 2.34. The zero-order chi connectivity index (χ0) is 9.80. The van der Waals surface area contributed by atoms with Gasteiger partial charge in [0.05, 0.1) is 12.8 Å². The molecular formula is C11H14N2O. The van der Waals surface area contributed by atoms with Crippen LogP contribution in [-0.2, 0) is 0 Å². The van der Waals surface area contributed by atoms with Gasteiger partial charge in [-0.05, 0) is 42.7 Å². The molecule has 0 aliphatic carbocycles. The Morgan fingerprint density at radius 2 is 2.07 bits per heavy atom. The van der Waals surface area contributed by atoms with E-state index in [4.69, 9.17) is 4.74 Å². The number of nitrogens with zero attached hydrogens (tertiary/aromatic N) is 1. The molecule has 1 aromatic rings. The molecule has 1 aliphatic heterocycles. The van der Waals surface area contributed by atoms with Crippen molar-refractivity contribution < 1.29 is 4.74 Å². The van der Waals surface area contributed by atoms with Gasteiger partial charge < -0.3 is 10.2 Å². The fourth-order valence-electron chi connectivity index (χ4n) is 1.53. The van der Waals surface area contributed by atoms with E-state index in [0.717, 1.165) is 30.8 Å². The van der Waals surface area contributed by atoms with Crippen LogP contribution in [0.1, 0.15) is 18.4 Å². The molecule has 0 saturated heterocycles. The number of rotatable bonds is 2. The van der Waals surface area contributed by atoms with Crippen LogP contribution in [0.15, 0.2) is 29.4 Å². The van der Waals surface area contributed by atoms with Crippen molar-refractivity contribution in [3.8, 4) is 5.75 Å². The number of ether oxygens (including phenoxy) is 1. The van der Waals surface area contributed by atoms with Crippen LogP contribution in [0.4, 0.5) is 0 Å². The van der Waals surface area contributed by atoms with Crippen molar-refractivity contribution in [2.24, 2.45) is 5.10 Å². The highest BCUT2D eigenvalue weighted by Gasteiger charge is 2.07. The van der Waals surface area contributed by atoms with Gasteiger partial charge in [-0.1, -0.05) is 0 Å². The number of benzene rings is 1. The molecule has 14 heavy (non-hydrogen) atoms. The summed E-state index contributed by atoms with van der Waals surface area (Å²) in [5.41, 5.74) is 5.34. The lowest BCUT2D eigenvalue weighted by Crippen LogP contribution is -2.19. The Morgan fingerprint density at radius 3 is 2.64 bits per heavy atom. The number of hydrogen-bond acceptors (Lipinski definition) is 3. The lowest BCUT2D eigenvalue weighted by molar-refractivity contribution is 0.415. The Labute approximate surface area is 83.8 Å². The maximum Gasteiger partial charge on any atom is 0.118 e. The second-order valence-electron chi connectivity index (χ2n) is 3.30. The van der Waals surface area contributed by atoms with Gasteiger partial charge in [-0.2, -0.15) is 5.10 Å². The quantitative estimate of drug-likeness (QED) is 0.771. The molecule has 1 aromatic carbocycles. The lowest BCUT2D eigenvalue weighted by atomic mass is 10.0. The summed E-state index contributed by atoms with van der Waals surface area (Å²) in [6.45, 7) is 0.986. The van der Waals surface area contributed by atoms with E-state index >= 15 is 0 Å². The third-order valence-electron chi connectivity index (χ3n) is 2.34. The molecule has 2 rings (SSSR count). The SMILES string of the molecule is COc1ccc(C2=NNCCC2)cc1. The van der Waals surface area contributed by atoms with E-state index in [-0.39, 0.29) is 0 Å². The Hall–Kier alpha value is -1.51. The average molecular weight is 190 g/mol. The molecule has 1 N–H and O–H groups in total. The van der Waals surface area contributed by atoms with Crippen molar-refractivity contribution in [2.75, 3.05) is 13.7 Å². The van der Waals surface area contributed by atoms with Gasteiger partial charge >= 0.3 is 0 Å². The second-order valence-corrected chi connectivity index (χ2v) is 3.30. The molecule has 3 nitrogen and oxygen atoms in total. The monoisotopic (exact) mass is 190 g/mol. The smallest absolute Gasteiger partial charge is 0.118 e. The van der Waals surface area contributed by atoms with E-state index < -0.39 is 0 Å². The fraction of sp³-hybridized carbons (Fsp3) is 0.364. The summed E-state index contributed by atoms with van der Waals surface area (Å²) in [6.07, 6.45) is 2.21. The standard InChI is InChI=1S/C11H14N2O/c1-14-10-6-4-9(5-7-10)11-3-2-8-12-13-11/h4-7,12H,2-3,8H2,1H3. The molecule has 0 aromatic heterocycles. The zero-order valence-electron chi connectivity index (χ0n) is 8.29. The molecule has 0 bridgehead atoms. The van der Waals surface area contributed by atoms with Crippen molar-refractivity contribution in [3.63, 3.8) is 0 Å². The lowest BCUT2D eigenvalue weighted by Gasteiger charge is -2.13. The van der Waals surface area contributed by atoms with Gasteiger partial charge in [0.15, 0.2) is 0 Å². The first-order valence-corrected chi connectivity index (χ1v) is 4.84. The van der Waals surface area contributed by atoms with Crippen LogP contribution in [0, 0.1) is 0 Å². The van der Waals surface area contributed by atoms with Crippen molar-refractivity contribution in [1.82, 2.24) is 5.43 Å². The van der Waals surface area contributed by atoms with Gasteiger partial charge in [-0.3, -0.25) is 0 Å². The Balaban J connectivity index is 2.19. The van der Waals surface area contributed by atoms with Crippen LogP contribution >= 0.6 is 0 Å². The maximum absolute atomic E-state index is 5.10. The molecule has 0 spiro atoms. The minimum absolute atomic E-state index is 0.887. The fourth-order valence-corrected chi connectivity index (χ4v) is 1.53. The van der Waals surface area contributed by atoms with Gasteiger partial charge in [0.1, 0.15) is 5.75 Å². The summed E-state index contributed by atoms with van der Waals surface area (Å²) in [4.78, 5) is 0. The van der Waals surface area contributed by atoms with Gasteiger partial charge in [0.25, 0.3) is 0 Å². The summed E-state index contributed by atoms with van der Waals surface area (Å²) in [7, 11) is 1.68. The summed E-state index contributed by atoms with van der Waals surface area (Å²) in [6, 6.07) is 8.02. The van der Waals surface area contributed by atoms with Crippen molar-refractivity contribution in [3.05, 3.63) is 29.8 Å². The maximum atomic E-state index is 5.10. The predicted octanol–water partition coefficient (Wildman–Crippen LogP) is 1.78. The first kappa shape index (κ1) is 9.06. The van der Waals surface area contributed by atoms with Crippen LogP contribution in [0.2, 0.25) is 0 Å². The minimum atomic E-state index is 0.887. The van der Waals surface area contributed by atoms with Crippen LogP contribution in [-0.4, -0.2) is 19.4 Å². The van der Waals surface area contributed by atoms with E-state index in [1.807, 2.05) is 24.3 Å². The third kappa shape index (κ3) is 1.87. The van der Waals surface area contributed by atoms with Crippen LogP contribution in [0.25, 0.3) is 0 Å². The van der Waals surface area contributed by atoms with Crippen molar-refractivity contribution >= 4 is 5.71 Å². The molecule has 0 unspecified atom stereocenters. The number of nitrogens with one attached hydrogen (secondary N) is 1. The molecule has 74 valence electrons. The first-order chi connectivity index (χ1) is 6.90. The highest BCUT2D eigenvalue weighted by Crippen LogP contribution is 2.14. The molecule has 1 heterocycles. The molecule has 1 aliphatic rings.